The van der Waals surface area contributed by atoms with Crippen molar-refractivity contribution in [1.82, 2.24) is 0 Å². The van der Waals surface area contributed by atoms with Gasteiger partial charge in [0, 0.05) is 17.5 Å². The van der Waals surface area contributed by atoms with Crippen molar-refractivity contribution in [2.75, 3.05) is 0 Å². The zero-order valence-electron chi connectivity index (χ0n) is 9.37. The fraction of sp³-hybridized carbons (Fsp3) is 0.500. The lowest BCUT2D eigenvalue weighted by atomic mass is 9.91. The van der Waals surface area contributed by atoms with Gasteiger partial charge < -0.3 is 0 Å². The number of ketones is 1. The van der Waals surface area contributed by atoms with E-state index in [2.05, 4.69) is 0 Å². The first kappa shape index (κ1) is 10.9. The van der Waals surface area contributed by atoms with Gasteiger partial charge in [0.05, 0.1) is 0 Å². The van der Waals surface area contributed by atoms with Crippen LogP contribution in [0.4, 0.5) is 0 Å². The van der Waals surface area contributed by atoms with Crippen molar-refractivity contribution in [3.8, 4) is 0 Å². The van der Waals surface area contributed by atoms with Crippen molar-refractivity contribution in [3.05, 3.63) is 30.1 Å². The van der Waals surface area contributed by atoms with E-state index in [1.807, 2.05) is 56.8 Å². The van der Waals surface area contributed by atoms with E-state index < -0.39 is 0 Å². The third kappa shape index (κ3) is 2.95. The molecule has 0 saturated carbocycles. The molecule has 0 radical (unpaired) electrons. The van der Waals surface area contributed by atoms with Crippen LogP contribution in [0.15, 0.2) is 24.5 Å². The lowest BCUT2D eigenvalue weighted by Crippen LogP contribution is -2.41. The Hall–Kier alpha value is -1.18. The largest absolute Gasteiger partial charge is 0.292 e. The molecule has 0 N–H and O–H groups in total. The van der Waals surface area contributed by atoms with Crippen molar-refractivity contribution in [1.29, 1.82) is 0 Å². The highest BCUT2D eigenvalue weighted by Gasteiger charge is 2.24. The number of aromatic nitrogens is 1. The molecule has 2 heteroatoms. The second kappa shape index (κ2) is 3.91. The van der Waals surface area contributed by atoms with E-state index in [0.717, 1.165) is 0 Å². The zero-order chi connectivity index (χ0) is 10.8. The van der Waals surface area contributed by atoms with Gasteiger partial charge in [0.2, 0.25) is 12.3 Å². The van der Waals surface area contributed by atoms with Crippen LogP contribution < -0.4 is 4.57 Å². The summed E-state index contributed by atoms with van der Waals surface area (Å²) in [6.45, 7) is 8.35. The molecule has 1 aromatic rings. The minimum atomic E-state index is -0.252. The van der Waals surface area contributed by atoms with E-state index >= 15 is 0 Å². The molecule has 2 nitrogen and oxygen atoms in total. The number of nitrogens with zero attached hydrogens (tertiary/aromatic N) is 1. The summed E-state index contributed by atoms with van der Waals surface area (Å²) in [5.41, 5.74) is 0.960. The lowest BCUT2D eigenvalue weighted by Gasteiger charge is -2.13. The van der Waals surface area contributed by atoms with E-state index in [-0.39, 0.29) is 11.2 Å². The number of hydrogen-bond acceptors (Lipinski definition) is 1. The highest BCUT2D eigenvalue weighted by molar-refractivity contribution is 5.82. The Kier molecular flexibility index (Phi) is 3.04. The molecular weight excluding hydrogens is 174 g/mol. The topological polar surface area (TPSA) is 20.9 Å². The summed E-state index contributed by atoms with van der Waals surface area (Å²) in [6, 6.07) is 4.02. The van der Waals surface area contributed by atoms with Crippen LogP contribution >= 0.6 is 0 Å². The summed E-state index contributed by atoms with van der Waals surface area (Å²) in [4.78, 5) is 11.7. The molecule has 1 rings (SSSR count). The Balaban J connectivity index is 2.71. The van der Waals surface area contributed by atoms with Crippen LogP contribution in [0.5, 0.6) is 0 Å². The minimum Gasteiger partial charge on any atom is -0.292 e. The summed E-state index contributed by atoms with van der Waals surface area (Å²) < 4.78 is 1.92. The van der Waals surface area contributed by atoms with Crippen molar-refractivity contribution in [3.63, 3.8) is 0 Å². The molecule has 0 bridgehead atoms. The molecule has 0 amide bonds. The van der Waals surface area contributed by atoms with Gasteiger partial charge in [-0.25, -0.2) is 0 Å². The molecule has 0 spiro atoms. The number of Topliss-reactive ketones (excluding diaryl/α,β-unsaturated/α-hetero) is 1. The molecule has 76 valence electrons. The van der Waals surface area contributed by atoms with E-state index in [1.165, 1.54) is 5.56 Å². The van der Waals surface area contributed by atoms with Crippen LogP contribution in [-0.2, 0) is 11.3 Å². The van der Waals surface area contributed by atoms with Crippen LogP contribution in [0.3, 0.4) is 0 Å². The maximum absolute atomic E-state index is 11.7. The van der Waals surface area contributed by atoms with Crippen LogP contribution in [0, 0.1) is 12.3 Å². The number of rotatable bonds is 2. The molecule has 0 aliphatic heterocycles. The molecule has 1 aromatic heterocycles. The van der Waals surface area contributed by atoms with Crippen molar-refractivity contribution in [2.45, 2.75) is 34.2 Å². The lowest BCUT2D eigenvalue weighted by molar-refractivity contribution is -0.684. The Morgan fingerprint density at radius 2 is 1.79 bits per heavy atom. The zero-order valence-corrected chi connectivity index (χ0v) is 9.37. The molecule has 0 fully saturated rings. The van der Waals surface area contributed by atoms with Crippen LogP contribution in [-0.4, -0.2) is 5.78 Å². The van der Waals surface area contributed by atoms with Gasteiger partial charge in [-0.2, -0.15) is 4.57 Å². The summed E-state index contributed by atoms with van der Waals surface area (Å²) in [7, 11) is 0. The summed E-state index contributed by atoms with van der Waals surface area (Å²) >= 11 is 0. The third-order valence-electron chi connectivity index (χ3n) is 2.22. The Morgan fingerprint density at radius 1 is 1.29 bits per heavy atom. The Labute approximate surface area is 85.6 Å². The predicted molar refractivity (Wildman–Crippen MR) is 55.8 cm³/mol. The van der Waals surface area contributed by atoms with E-state index in [0.29, 0.717) is 6.54 Å². The minimum absolute atomic E-state index is 0.252. The molecule has 0 aromatic carbocycles. The van der Waals surface area contributed by atoms with Gasteiger partial charge in [-0.3, -0.25) is 4.79 Å². The van der Waals surface area contributed by atoms with Crippen LogP contribution in [0.1, 0.15) is 26.3 Å². The van der Waals surface area contributed by atoms with E-state index in [1.54, 1.807) is 0 Å². The third-order valence-corrected chi connectivity index (χ3v) is 2.22. The second-order valence-electron chi connectivity index (χ2n) is 4.72. The molecule has 0 aliphatic rings. The fourth-order valence-electron chi connectivity index (χ4n) is 1.04. The first-order valence-corrected chi connectivity index (χ1v) is 4.88. The van der Waals surface area contributed by atoms with Gasteiger partial charge in [-0.15, -0.1) is 0 Å². The fourth-order valence-corrected chi connectivity index (χ4v) is 1.04. The van der Waals surface area contributed by atoms with Gasteiger partial charge >= 0.3 is 0 Å². The first-order valence-electron chi connectivity index (χ1n) is 4.88. The summed E-state index contributed by atoms with van der Waals surface area (Å²) in [6.07, 6.45) is 3.89. The van der Waals surface area contributed by atoms with Crippen LogP contribution in [0.25, 0.3) is 0 Å². The molecule has 0 aliphatic carbocycles. The van der Waals surface area contributed by atoms with Gasteiger partial charge in [-0.1, -0.05) is 20.8 Å². The Morgan fingerprint density at radius 3 is 2.21 bits per heavy atom. The molecule has 0 atom stereocenters. The quantitative estimate of drug-likeness (QED) is 0.656. The smallest absolute Gasteiger partial charge is 0.206 e. The normalized spacial score (nSPS) is 11.4. The predicted octanol–water partition coefficient (Wildman–Crippen LogP) is 1.90. The maximum atomic E-state index is 11.7. The molecule has 14 heavy (non-hydrogen) atoms. The molecule has 0 saturated heterocycles. The van der Waals surface area contributed by atoms with Gasteiger partial charge in [0.15, 0.2) is 12.4 Å². The average Bonchev–Trinajstić information content (AvgIpc) is 2.07. The van der Waals surface area contributed by atoms with Crippen molar-refractivity contribution in [2.24, 2.45) is 5.41 Å². The van der Waals surface area contributed by atoms with Crippen molar-refractivity contribution < 1.29 is 9.36 Å². The van der Waals surface area contributed by atoms with Gasteiger partial charge in [0.1, 0.15) is 0 Å². The monoisotopic (exact) mass is 192 g/mol. The second-order valence-corrected chi connectivity index (χ2v) is 4.72. The summed E-state index contributed by atoms with van der Waals surface area (Å²) in [5, 5.41) is 0. The highest BCUT2D eigenvalue weighted by Crippen LogP contribution is 2.13. The van der Waals surface area contributed by atoms with E-state index in [9.17, 15) is 4.79 Å². The van der Waals surface area contributed by atoms with Gasteiger partial charge in [-0.05, 0) is 12.5 Å². The summed E-state index contributed by atoms with van der Waals surface area (Å²) in [5.74, 6) is 0.256. The molecule has 1 heterocycles. The van der Waals surface area contributed by atoms with Crippen molar-refractivity contribution >= 4 is 5.78 Å². The molecule has 0 unspecified atom stereocenters. The highest BCUT2D eigenvalue weighted by atomic mass is 16.1. The first-order chi connectivity index (χ1) is 6.39. The Bertz CT molecular complexity index is 319. The van der Waals surface area contributed by atoms with Crippen LogP contribution in [0.2, 0.25) is 0 Å². The average molecular weight is 192 g/mol. The maximum Gasteiger partial charge on any atom is 0.206 e. The number of pyridine rings is 1. The van der Waals surface area contributed by atoms with Gasteiger partial charge in [0.25, 0.3) is 0 Å². The SMILES string of the molecule is Cc1cc[n+](CC(=O)C(C)(C)C)cc1. The van der Waals surface area contributed by atoms with E-state index in [4.69, 9.17) is 0 Å². The number of aryl methyl sites for hydroxylation is 1. The molecular formula is C12H18NO+. The number of carbonyl (C=O) groups excluding carboxylic acids is 1. The standard InChI is InChI=1S/C12H18NO/c1-10-5-7-13(8-6-10)9-11(14)12(2,3)4/h5-8H,9H2,1-4H3/q+1. The number of carbonyl (C=O) groups is 1. The number of hydrogen-bond donors (Lipinski definition) is 0.